The second-order valence-electron chi connectivity index (χ2n) is 7.93. The van der Waals surface area contributed by atoms with E-state index >= 15 is 0 Å². The first kappa shape index (κ1) is 19.2. The summed E-state index contributed by atoms with van der Waals surface area (Å²) in [5, 5.41) is 3.76. The van der Waals surface area contributed by atoms with Crippen molar-refractivity contribution >= 4 is 32.7 Å². The number of carbonyl (C=O) groups is 1. The number of hydrogen-bond donors (Lipinski definition) is 1. The molecule has 1 N–H and O–H groups in total. The quantitative estimate of drug-likeness (QED) is 0.685. The van der Waals surface area contributed by atoms with Gasteiger partial charge in [-0.1, -0.05) is 41.7 Å². The van der Waals surface area contributed by atoms with Gasteiger partial charge in [-0.2, -0.15) is 0 Å². The minimum Gasteiger partial charge on any atom is -0.350 e. The molecule has 3 aromatic rings. The van der Waals surface area contributed by atoms with Gasteiger partial charge in [0.15, 0.2) is 15.5 Å². The number of rotatable bonds is 4. The normalized spacial score (nSPS) is 19.2. The Morgan fingerprint density at radius 2 is 2.03 bits per heavy atom. The van der Waals surface area contributed by atoms with Crippen molar-refractivity contribution in [3.05, 3.63) is 52.1 Å². The molecule has 156 valence electrons. The van der Waals surface area contributed by atoms with Crippen LogP contribution in [0.25, 0.3) is 10.3 Å². The molecule has 0 radical (unpaired) electrons. The molecule has 1 fully saturated rings. The van der Waals surface area contributed by atoms with Crippen LogP contribution in [0.2, 0.25) is 0 Å². The van der Waals surface area contributed by atoms with Gasteiger partial charge in [-0.3, -0.25) is 19.1 Å². The van der Waals surface area contributed by atoms with Gasteiger partial charge in [0.25, 0.3) is 5.56 Å². The number of amides is 1. The number of likely N-dealkylation sites (N-methyl/N-ethyl adjacent to an activating group) is 1. The predicted molar refractivity (Wildman–Crippen MR) is 117 cm³/mol. The predicted octanol–water partition coefficient (Wildman–Crippen LogP) is 1.58. The summed E-state index contributed by atoms with van der Waals surface area (Å²) in [5.74, 6) is 0.788. The van der Waals surface area contributed by atoms with Crippen molar-refractivity contribution in [3.8, 4) is 0 Å². The summed E-state index contributed by atoms with van der Waals surface area (Å²) in [6.07, 6.45) is 1.71. The average Bonchev–Trinajstić information content (AvgIpc) is 3.40. The first-order chi connectivity index (χ1) is 14.6. The number of fused-ring (bicyclic) bond motifs is 2. The largest absolute Gasteiger partial charge is 0.350 e. The van der Waals surface area contributed by atoms with E-state index in [9.17, 15) is 9.59 Å². The molecular formula is C21H24N6O2S. The van der Waals surface area contributed by atoms with Crippen LogP contribution in [-0.2, 0) is 24.4 Å². The Kier molecular flexibility index (Phi) is 5.00. The van der Waals surface area contributed by atoms with Crippen molar-refractivity contribution in [3.63, 3.8) is 0 Å². The molecule has 2 aliphatic rings. The third-order valence-corrected chi connectivity index (χ3v) is 6.80. The highest BCUT2D eigenvalue weighted by Crippen LogP contribution is 2.32. The van der Waals surface area contributed by atoms with Crippen molar-refractivity contribution in [2.45, 2.75) is 38.5 Å². The van der Waals surface area contributed by atoms with E-state index in [1.54, 1.807) is 4.57 Å². The number of nitrogens with one attached hydrogen (secondary N) is 1. The highest BCUT2D eigenvalue weighted by Gasteiger charge is 2.33. The fourth-order valence-corrected chi connectivity index (χ4v) is 5.20. The van der Waals surface area contributed by atoms with Crippen molar-refractivity contribution in [2.24, 2.45) is 0 Å². The van der Waals surface area contributed by atoms with Gasteiger partial charge in [0.2, 0.25) is 5.91 Å². The van der Waals surface area contributed by atoms with Crippen LogP contribution in [0.4, 0.5) is 5.13 Å². The van der Waals surface area contributed by atoms with E-state index < -0.39 is 0 Å². The summed E-state index contributed by atoms with van der Waals surface area (Å²) in [6.45, 7) is 3.38. The van der Waals surface area contributed by atoms with Gasteiger partial charge >= 0.3 is 0 Å². The van der Waals surface area contributed by atoms with E-state index in [0.29, 0.717) is 35.1 Å². The zero-order valence-electron chi connectivity index (χ0n) is 16.9. The monoisotopic (exact) mass is 424 g/mol. The molecule has 0 spiro atoms. The van der Waals surface area contributed by atoms with Gasteiger partial charge in [-0.05, 0) is 25.5 Å². The molecule has 1 saturated heterocycles. The number of hydrogen-bond acceptors (Lipinski definition) is 7. The standard InChI is InChI=1S/C21H24N6O2S/c1-25-10-11-27-16(13-25)23-19-17(20(27)29)24-21(30-19)26-9-5-8-15(26)18(28)22-12-14-6-3-2-4-7-14/h2-4,6-7,15H,5,8-13H2,1H3,(H,22,28). The van der Waals surface area contributed by atoms with E-state index in [4.69, 9.17) is 4.98 Å². The fraction of sp³-hybridized carbons (Fsp3) is 0.429. The van der Waals surface area contributed by atoms with Gasteiger partial charge in [0.05, 0.1) is 6.54 Å². The summed E-state index contributed by atoms with van der Waals surface area (Å²) >= 11 is 1.41. The zero-order valence-corrected chi connectivity index (χ0v) is 17.7. The number of carbonyl (C=O) groups excluding carboxylic acids is 1. The number of nitrogens with zero attached hydrogens (tertiary/aromatic N) is 5. The summed E-state index contributed by atoms with van der Waals surface area (Å²) in [6, 6.07) is 9.62. The van der Waals surface area contributed by atoms with Crippen LogP contribution in [0.1, 0.15) is 24.2 Å². The summed E-state index contributed by atoms with van der Waals surface area (Å²) < 4.78 is 1.74. The topological polar surface area (TPSA) is 83.4 Å². The van der Waals surface area contributed by atoms with E-state index in [2.05, 4.69) is 15.2 Å². The molecule has 9 heteroatoms. The maximum atomic E-state index is 12.9. The molecule has 5 rings (SSSR count). The molecule has 1 amide bonds. The van der Waals surface area contributed by atoms with Gasteiger partial charge in [0.1, 0.15) is 11.9 Å². The minimum absolute atomic E-state index is 0.00112. The van der Waals surface area contributed by atoms with Gasteiger partial charge in [-0.25, -0.2) is 9.97 Å². The molecule has 0 bridgehead atoms. The average molecular weight is 425 g/mol. The van der Waals surface area contributed by atoms with Crippen molar-refractivity contribution < 1.29 is 4.79 Å². The number of thiazole rings is 1. The van der Waals surface area contributed by atoms with E-state index in [0.717, 1.165) is 37.3 Å². The molecular weight excluding hydrogens is 400 g/mol. The van der Waals surface area contributed by atoms with Crippen LogP contribution >= 0.6 is 11.3 Å². The maximum Gasteiger partial charge on any atom is 0.281 e. The van der Waals surface area contributed by atoms with E-state index in [1.165, 1.54) is 11.3 Å². The minimum atomic E-state index is -0.266. The number of aromatic nitrogens is 3. The lowest BCUT2D eigenvalue weighted by Crippen LogP contribution is -2.43. The fourth-order valence-electron chi connectivity index (χ4n) is 4.18. The van der Waals surface area contributed by atoms with Crippen LogP contribution in [0.15, 0.2) is 35.1 Å². The maximum absolute atomic E-state index is 12.9. The van der Waals surface area contributed by atoms with Crippen LogP contribution in [0, 0.1) is 0 Å². The zero-order chi connectivity index (χ0) is 20.7. The molecule has 1 unspecified atom stereocenters. The third kappa shape index (κ3) is 3.48. The molecule has 8 nitrogen and oxygen atoms in total. The molecule has 1 atom stereocenters. The molecule has 1 aromatic carbocycles. The van der Waals surface area contributed by atoms with Gasteiger partial charge in [-0.15, -0.1) is 0 Å². The molecule has 30 heavy (non-hydrogen) atoms. The van der Waals surface area contributed by atoms with Gasteiger partial charge in [0, 0.05) is 26.2 Å². The van der Waals surface area contributed by atoms with Crippen LogP contribution in [0.5, 0.6) is 0 Å². The Balaban J connectivity index is 1.39. The van der Waals surface area contributed by atoms with E-state index in [-0.39, 0.29) is 17.5 Å². The van der Waals surface area contributed by atoms with Crippen molar-refractivity contribution in [2.75, 3.05) is 25.0 Å². The van der Waals surface area contributed by atoms with Crippen LogP contribution in [-0.4, -0.2) is 51.5 Å². The highest BCUT2D eigenvalue weighted by molar-refractivity contribution is 7.21. The van der Waals surface area contributed by atoms with Crippen LogP contribution in [0.3, 0.4) is 0 Å². The van der Waals surface area contributed by atoms with Crippen LogP contribution < -0.4 is 15.8 Å². The molecule has 4 heterocycles. The molecule has 0 saturated carbocycles. The molecule has 2 aliphatic heterocycles. The SMILES string of the molecule is CN1CCn2c(nc3sc(N4CCCC4C(=O)NCc4ccccc4)nc3c2=O)C1. The Bertz CT molecular complexity index is 1140. The summed E-state index contributed by atoms with van der Waals surface area (Å²) in [5.41, 5.74) is 1.41. The number of anilines is 1. The number of benzene rings is 1. The highest BCUT2D eigenvalue weighted by atomic mass is 32.1. The smallest absolute Gasteiger partial charge is 0.281 e. The Morgan fingerprint density at radius 3 is 2.87 bits per heavy atom. The Morgan fingerprint density at radius 1 is 1.20 bits per heavy atom. The lowest BCUT2D eigenvalue weighted by molar-refractivity contribution is -0.122. The summed E-state index contributed by atoms with van der Waals surface area (Å²) in [4.78, 5) is 40.0. The Labute approximate surface area is 178 Å². The lowest BCUT2D eigenvalue weighted by atomic mass is 10.2. The van der Waals surface area contributed by atoms with Crippen molar-refractivity contribution in [1.29, 1.82) is 0 Å². The molecule has 0 aliphatic carbocycles. The molecule has 2 aromatic heterocycles. The van der Waals surface area contributed by atoms with Gasteiger partial charge < -0.3 is 10.2 Å². The van der Waals surface area contributed by atoms with Crippen molar-refractivity contribution in [1.82, 2.24) is 24.8 Å². The lowest BCUT2D eigenvalue weighted by Gasteiger charge is -2.24. The van der Waals surface area contributed by atoms with E-state index in [1.807, 2.05) is 42.3 Å². The first-order valence-corrected chi connectivity index (χ1v) is 11.1. The Hall–Kier alpha value is -2.78. The first-order valence-electron chi connectivity index (χ1n) is 10.3. The second-order valence-corrected chi connectivity index (χ2v) is 8.88. The summed E-state index contributed by atoms with van der Waals surface area (Å²) in [7, 11) is 2.03. The second kappa shape index (κ2) is 7.81. The third-order valence-electron chi connectivity index (χ3n) is 5.82.